The molecule has 0 saturated carbocycles. The van der Waals surface area contributed by atoms with E-state index in [9.17, 15) is 0 Å². The van der Waals surface area contributed by atoms with Crippen molar-refractivity contribution in [1.82, 2.24) is 0 Å². The molecule has 0 aliphatic heterocycles. The van der Waals surface area contributed by atoms with Crippen LogP contribution >= 0.6 is 11.3 Å². The first-order chi connectivity index (χ1) is 10.2. The zero-order valence-electron chi connectivity index (χ0n) is 12.7. The minimum atomic E-state index is 0.0214. The van der Waals surface area contributed by atoms with Crippen molar-refractivity contribution in [3.8, 4) is 5.75 Å². The van der Waals surface area contributed by atoms with Gasteiger partial charge in [0.2, 0.25) is 0 Å². The fourth-order valence-corrected chi connectivity index (χ4v) is 2.71. The van der Waals surface area contributed by atoms with Gasteiger partial charge in [-0.05, 0) is 23.6 Å². The SMILES string of the molecule is CNc1cccc(OCC(CN(C)c2ccsc2)OC)c1. The molecule has 0 amide bonds. The molecule has 21 heavy (non-hydrogen) atoms. The molecule has 0 spiro atoms. The molecule has 2 rings (SSSR count). The van der Waals surface area contributed by atoms with Crippen molar-refractivity contribution in [3.05, 3.63) is 41.1 Å². The van der Waals surface area contributed by atoms with E-state index in [1.54, 1.807) is 18.4 Å². The van der Waals surface area contributed by atoms with Gasteiger partial charge in [-0.2, -0.15) is 11.3 Å². The number of nitrogens with one attached hydrogen (secondary N) is 1. The lowest BCUT2D eigenvalue weighted by Crippen LogP contribution is -2.34. The topological polar surface area (TPSA) is 33.7 Å². The third-order valence-corrected chi connectivity index (χ3v) is 3.99. The van der Waals surface area contributed by atoms with E-state index in [0.717, 1.165) is 18.0 Å². The van der Waals surface area contributed by atoms with Gasteiger partial charge in [0.1, 0.15) is 18.5 Å². The summed E-state index contributed by atoms with van der Waals surface area (Å²) in [5, 5.41) is 7.31. The van der Waals surface area contributed by atoms with Gasteiger partial charge < -0.3 is 19.7 Å². The smallest absolute Gasteiger partial charge is 0.121 e. The summed E-state index contributed by atoms with van der Waals surface area (Å²) in [6, 6.07) is 10.0. The fraction of sp³-hybridized carbons (Fsp3) is 0.375. The number of ether oxygens (including phenoxy) is 2. The second-order valence-electron chi connectivity index (χ2n) is 4.81. The minimum absolute atomic E-state index is 0.0214. The molecule has 4 nitrogen and oxygen atoms in total. The van der Waals surface area contributed by atoms with Gasteiger partial charge in [0, 0.05) is 50.6 Å². The number of likely N-dealkylation sites (N-methyl/N-ethyl adjacent to an activating group) is 1. The van der Waals surface area contributed by atoms with Gasteiger partial charge in [-0.15, -0.1) is 0 Å². The molecule has 1 unspecified atom stereocenters. The van der Waals surface area contributed by atoms with Crippen LogP contribution in [0, 0.1) is 0 Å². The van der Waals surface area contributed by atoms with Crippen molar-refractivity contribution < 1.29 is 9.47 Å². The molecule has 5 heteroatoms. The molecular weight excluding hydrogens is 284 g/mol. The molecule has 1 aromatic heterocycles. The first-order valence-electron chi connectivity index (χ1n) is 6.89. The molecule has 2 aromatic rings. The predicted molar refractivity (Wildman–Crippen MR) is 89.9 cm³/mol. The van der Waals surface area contributed by atoms with Crippen molar-refractivity contribution in [2.75, 3.05) is 44.6 Å². The fourth-order valence-electron chi connectivity index (χ4n) is 2.01. The molecule has 0 fully saturated rings. The monoisotopic (exact) mass is 306 g/mol. The quantitative estimate of drug-likeness (QED) is 0.811. The molecule has 0 aliphatic rings. The highest BCUT2D eigenvalue weighted by Crippen LogP contribution is 2.19. The van der Waals surface area contributed by atoms with Crippen molar-refractivity contribution in [3.63, 3.8) is 0 Å². The molecule has 0 radical (unpaired) electrons. The molecular formula is C16H22N2O2S. The van der Waals surface area contributed by atoms with Crippen molar-refractivity contribution in [1.29, 1.82) is 0 Å². The second kappa shape index (κ2) is 7.90. The van der Waals surface area contributed by atoms with Crippen molar-refractivity contribution in [2.45, 2.75) is 6.10 Å². The van der Waals surface area contributed by atoms with Gasteiger partial charge in [-0.1, -0.05) is 6.07 Å². The summed E-state index contributed by atoms with van der Waals surface area (Å²) in [5.41, 5.74) is 2.25. The average molecular weight is 306 g/mol. The Labute approximate surface area is 130 Å². The number of anilines is 2. The first kappa shape index (κ1) is 15.7. The third-order valence-electron chi connectivity index (χ3n) is 3.32. The molecule has 1 N–H and O–H groups in total. The highest BCUT2D eigenvalue weighted by Gasteiger charge is 2.12. The highest BCUT2D eigenvalue weighted by molar-refractivity contribution is 7.08. The molecule has 114 valence electrons. The lowest BCUT2D eigenvalue weighted by Gasteiger charge is -2.24. The number of hydrogen-bond acceptors (Lipinski definition) is 5. The Kier molecular flexibility index (Phi) is 5.90. The van der Waals surface area contributed by atoms with Gasteiger partial charge in [0.15, 0.2) is 0 Å². The van der Waals surface area contributed by atoms with Crippen LogP contribution in [0.3, 0.4) is 0 Å². The van der Waals surface area contributed by atoms with Crippen LogP contribution in [0.25, 0.3) is 0 Å². The Morgan fingerprint density at radius 1 is 1.33 bits per heavy atom. The van der Waals surface area contributed by atoms with Gasteiger partial charge >= 0.3 is 0 Å². The summed E-state index contributed by atoms with van der Waals surface area (Å²) in [6.07, 6.45) is 0.0214. The van der Waals surface area contributed by atoms with Crippen LogP contribution in [0.15, 0.2) is 41.1 Å². The van der Waals surface area contributed by atoms with Crippen LogP contribution in [0.1, 0.15) is 0 Å². The molecule has 0 aliphatic carbocycles. The summed E-state index contributed by atoms with van der Waals surface area (Å²) in [6.45, 7) is 1.32. The molecule has 0 saturated heterocycles. The molecule has 1 heterocycles. The van der Waals surface area contributed by atoms with E-state index in [1.807, 2.05) is 31.3 Å². The zero-order valence-corrected chi connectivity index (χ0v) is 13.5. The van der Waals surface area contributed by atoms with Crippen LogP contribution in [-0.2, 0) is 4.74 Å². The lowest BCUT2D eigenvalue weighted by molar-refractivity contribution is 0.0636. The van der Waals surface area contributed by atoms with Gasteiger partial charge in [0.25, 0.3) is 0 Å². The first-order valence-corrected chi connectivity index (χ1v) is 7.84. The molecule has 0 bridgehead atoms. The number of benzene rings is 1. The Hall–Kier alpha value is -1.72. The van der Waals surface area contributed by atoms with Gasteiger partial charge in [0.05, 0.1) is 0 Å². The normalized spacial score (nSPS) is 12.0. The van der Waals surface area contributed by atoms with E-state index in [4.69, 9.17) is 9.47 Å². The summed E-state index contributed by atoms with van der Waals surface area (Å²) in [5.74, 6) is 0.849. The Morgan fingerprint density at radius 2 is 2.19 bits per heavy atom. The van der Waals surface area contributed by atoms with Crippen LogP contribution in [0.5, 0.6) is 5.75 Å². The summed E-state index contributed by atoms with van der Waals surface area (Å²) < 4.78 is 11.3. The van der Waals surface area contributed by atoms with Crippen LogP contribution in [0.2, 0.25) is 0 Å². The maximum absolute atomic E-state index is 5.83. The third kappa shape index (κ3) is 4.65. The summed E-state index contributed by atoms with van der Waals surface area (Å²) in [7, 11) is 5.68. The standard InChI is InChI=1S/C16H22N2O2S/c1-17-13-5-4-6-15(9-13)20-11-16(19-3)10-18(2)14-7-8-21-12-14/h4-9,12,16-17H,10-11H2,1-3H3. The van der Waals surface area contributed by atoms with E-state index in [1.165, 1.54) is 5.69 Å². The zero-order chi connectivity index (χ0) is 15.1. The van der Waals surface area contributed by atoms with Gasteiger partial charge in [-0.25, -0.2) is 0 Å². The van der Waals surface area contributed by atoms with E-state index >= 15 is 0 Å². The second-order valence-corrected chi connectivity index (χ2v) is 5.59. The van der Waals surface area contributed by atoms with Crippen LogP contribution in [0.4, 0.5) is 11.4 Å². The summed E-state index contributed by atoms with van der Waals surface area (Å²) in [4.78, 5) is 2.18. The van der Waals surface area contributed by atoms with Gasteiger partial charge in [-0.3, -0.25) is 0 Å². The molecule has 1 atom stereocenters. The van der Waals surface area contributed by atoms with Crippen LogP contribution < -0.4 is 15.0 Å². The lowest BCUT2D eigenvalue weighted by atomic mass is 10.3. The number of rotatable bonds is 8. The predicted octanol–water partition coefficient (Wildman–Crippen LogP) is 3.32. The number of methoxy groups -OCH3 is 1. The summed E-state index contributed by atoms with van der Waals surface area (Å²) >= 11 is 1.70. The Morgan fingerprint density at radius 3 is 2.86 bits per heavy atom. The largest absolute Gasteiger partial charge is 0.491 e. The van der Waals surface area contributed by atoms with E-state index in [2.05, 4.69) is 34.1 Å². The average Bonchev–Trinajstić information content (AvgIpc) is 3.06. The number of hydrogen-bond donors (Lipinski definition) is 1. The number of thiophene rings is 1. The Balaban J connectivity index is 1.87. The Bertz CT molecular complexity index is 531. The highest BCUT2D eigenvalue weighted by atomic mass is 32.1. The maximum atomic E-state index is 5.83. The van der Waals surface area contributed by atoms with E-state index in [0.29, 0.717) is 6.61 Å². The van der Waals surface area contributed by atoms with Crippen LogP contribution in [-0.4, -0.2) is 40.5 Å². The minimum Gasteiger partial charge on any atom is -0.491 e. The van der Waals surface area contributed by atoms with E-state index < -0.39 is 0 Å². The maximum Gasteiger partial charge on any atom is 0.121 e. The van der Waals surface area contributed by atoms with Crippen molar-refractivity contribution in [2.24, 2.45) is 0 Å². The van der Waals surface area contributed by atoms with Crippen molar-refractivity contribution >= 4 is 22.7 Å². The van der Waals surface area contributed by atoms with E-state index in [-0.39, 0.29) is 6.10 Å². The molecule has 1 aromatic carbocycles. The number of nitrogens with zero attached hydrogens (tertiary/aromatic N) is 1.